The Hall–Kier alpha value is -1.75. The molecule has 0 radical (unpaired) electrons. The number of urea groups is 1. The third-order valence-corrected chi connectivity index (χ3v) is 3.90. The highest BCUT2D eigenvalue weighted by molar-refractivity contribution is 5.74. The third-order valence-electron chi connectivity index (χ3n) is 3.90. The summed E-state index contributed by atoms with van der Waals surface area (Å²) in [6.45, 7) is 6.59. The molecule has 2 aliphatic rings. The Morgan fingerprint density at radius 2 is 2.10 bits per heavy atom. The molecular weight excluding hydrogens is 268 g/mol. The van der Waals surface area contributed by atoms with Crippen LogP contribution in [-0.2, 0) is 17.7 Å². The molecule has 21 heavy (non-hydrogen) atoms. The summed E-state index contributed by atoms with van der Waals surface area (Å²) in [5, 5.41) is 2.99. The van der Waals surface area contributed by atoms with Gasteiger partial charge in [0, 0.05) is 26.1 Å². The van der Waals surface area contributed by atoms with E-state index in [0.717, 1.165) is 24.3 Å². The quantitative estimate of drug-likeness (QED) is 0.905. The highest BCUT2D eigenvalue weighted by atomic mass is 16.5. The van der Waals surface area contributed by atoms with Gasteiger partial charge in [-0.3, -0.25) is 0 Å². The number of nitrogens with one attached hydrogen (secondary N) is 1. The van der Waals surface area contributed by atoms with Crippen molar-refractivity contribution in [3.8, 4) is 5.75 Å². The van der Waals surface area contributed by atoms with E-state index in [9.17, 15) is 4.79 Å². The maximum Gasteiger partial charge on any atom is 0.317 e. The Kier molecular flexibility index (Phi) is 4.01. The number of rotatable bonds is 2. The van der Waals surface area contributed by atoms with Gasteiger partial charge in [-0.2, -0.15) is 0 Å². The molecule has 5 nitrogen and oxygen atoms in total. The molecule has 114 valence electrons. The van der Waals surface area contributed by atoms with E-state index < -0.39 is 0 Å². The van der Waals surface area contributed by atoms with E-state index in [1.165, 1.54) is 5.56 Å². The lowest BCUT2D eigenvalue weighted by Gasteiger charge is -2.35. The minimum absolute atomic E-state index is 0.0197. The minimum Gasteiger partial charge on any atom is -0.493 e. The monoisotopic (exact) mass is 290 g/mol. The molecule has 1 saturated heterocycles. The number of benzene rings is 1. The van der Waals surface area contributed by atoms with Crippen molar-refractivity contribution < 1.29 is 14.3 Å². The Labute approximate surface area is 125 Å². The fraction of sp³-hybridized carbons (Fsp3) is 0.562. The predicted octanol–water partition coefficient (Wildman–Crippen LogP) is 1.94. The van der Waals surface area contributed by atoms with Gasteiger partial charge in [0.15, 0.2) is 0 Å². The second-order valence-corrected chi connectivity index (χ2v) is 5.86. The van der Waals surface area contributed by atoms with Crippen LogP contribution in [0.5, 0.6) is 5.75 Å². The third kappa shape index (κ3) is 3.29. The summed E-state index contributed by atoms with van der Waals surface area (Å²) in [6, 6.07) is 6.10. The topological polar surface area (TPSA) is 50.8 Å². The average Bonchev–Trinajstić information content (AvgIpc) is 2.91. The van der Waals surface area contributed by atoms with Crippen molar-refractivity contribution >= 4 is 6.03 Å². The second kappa shape index (κ2) is 5.93. The zero-order valence-electron chi connectivity index (χ0n) is 12.6. The van der Waals surface area contributed by atoms with Gasteiger partial charge in [-0.1, -0.05) is 12.1 Å². The Bertz CT molecular complexity index is 522. The van der Waals surface area contributed by atoms with E-state index in [4.69, 9.17) is 9.47 Å². The lowest BCUT2D eigenvalue weighted by atomic mass is 10.1. The van der Waals surface area contributed by atoms with Gasteiger partial charge in [-0.25, -0.2) is 4.79 Å². The van der Waals surface area contributed by atoms with Gasteiger partial charge in [-0.05, 0) is 31.0 Å². The number of amides is 2. The minimum atomic E-state index is -0.0197. The molecular formula is C16H22N2O3. The van der Waals surface area contributed by atoms with Crippen LogP contribution in [0.15, 0.2) is 18.2 Å². The van der Waals surface area contributed by atoms with Crippen LogP contribution >= 0.6 is 0 Å². The zero-order chi connectivity index (χ0) is 14.8. The van der Waals surface area contributed by atoms with Crippen LogP contribution in [-0.4, -0.2) is 42.8 Å². The second-order valence-electron chi connectivity index (χ2n) is 5.86. The molecule has 5 heteroatoms. The first-order chi connectivity index (χ1) is 10.1. The molecule has 2 atom stereocenters. The summed E-state index contributed by atoms with van der Waals surface area (Å²) in [7, 11) is 0. The predicted molar refractivity (Wildman–Crippen MR) is 79.5 cm³/mol. The highest BCUT2D eigenvalue weighted by Crippen LogP contribution is 2.25. The van der Waals surface area contributed by atoms with Crippen molar-refractivity contribution in [2.75, 3.05) is 19.7 Å². The normalized spacial score (nSPS) is 24.4. The van der Waals surface area contributed by atoms with E-state index in [1.54, 1.807) is 0 Å². The van der Waals surface area contributed by atoms with E-state index in [-0.39, 0.29) is 18.2 Å². The molecule has 0 aromatic heterocycles. The summed E-state index contributed by atoms with van der Waals surface area (Å²) in [5.74, 6) is 0.973. The highest BCUT2D eigenvalue weighted by Gasteiger charge is 2.25. The Balaban J connectivity index is 1.56. The van der Waals surface area contributed by atoms with Crippen LogP contribution in [0.1, 0.15) is 25.0 Å². The van der Waals surface area contributed by atoms with Crippen molar-refractivity contribution in [3.63, 3.8) is 0 Å². The Morgan fingerprint density at radius 3 is 2.86 bits per heavy atom. The molecule has 2 heterocycles. The number of hydrogen-bond acceptors (Lipinski definition) is 3. The maximum absolute atomic E-state index is 12.2. The van der Waals surface area contributed by atoms with E-state index in [2.05, 4.69) is 11.4 Å². The summed E-state index contributed by atoms with van der Waals surface area (Å²) < 4.78 is 11.1. The summed E-state index contributed by atoms with van der Waals surface area (Å²) in [5.41, 5.74) is 2.34. The lowest BCUT2D eigenvalue weighted by molar-refractivity contribution is -0.0545. The molecule has 2 aliphatic heterocycles. The van der Waals surface area contributed by atoms with Gasteiger partial charge in [0.1, 0.15) is 5.75 Å². The van der Waals surface area contributed by atoms with E-state index >= 15 is 0 Å². The molecule has 1 N–H and O–H groups in total. The first-order valence-electron chi connectivity index (χ1n) is 7.54. The first-order valence-corrected chi connectivity index (χ1v) is 7.54. The van der Waals surface area contributed by atoms with Crippen LogP contribution in [0.2, 0.25) is 0 Å². The Morgan fingerprint density at radius 1 is 1.33 bits per heavy atom. The van der Waals surface area contributed by atoms with Crippen molar-refractivity contribution in [2.24, 2.45) is 0 Å². The summed E-state index contributed by atoms with van der Waals surface area (Å²) >= 11 is 0. The molecule has 1 aromatic carbocycles. The molecule has 0 unspecified atom stereocenters. The largest absolute Gasteiger partial charge is 0.493 e. The summed E-state index contributed by atoms with van der Waals surface area (Å²) in [4.78, 5) is 14.1. The SMILES string of the molecule is C[C@@H]1CN(C(=O)NCc2ccc3c(c2)CCO3)C[C@H](C)O1. The van der Waals surface area contributed by atoms with Gasteiger partial charge >= 0.3 is 6.03 Å². The van der Waals surface area contributed by atoms with Crippen molar-refractivity contribution in [1.82, 2.24) is 10.2 Å². The number of carbonyl (C=O) groups excluding carboxylic acids is 1. The maximum atomic E-state index is 12.2. The standard InChI is InChI=1S/C16H22N2O3/c1-11-9-18(10-12(2)21-11)16(19)17-8-13-3-4-15-14(7-13)5-6-20-15/h3-4,7,11-12H,5-6,8-10H2,1-2H3,(H,17,19)/t11-,12+. The van der Waals surface area contributed by atoms with Crippen LogP contribution in [0.4, 0.5) is 4.79 Å². The molecule has 2 amide bonds. The number of ether oxygens (including phenoxy) is 2. The van der Waals surface area contributed by atoms with Gasteiger partial charge in [-0.15, -0.1) is 0 Å². The van der Waals surface area contributed by atoms with Gasteiger partial charge in [0.05, 0.1) is 18.8 Å². The van der Waals surface area contributed by atoms with Crippen LogP contribution in [0.3, 0.4) is 0 Å². The molecule has 1 aromatic rings. The molecule has 0 bridgehead atoms. The fourth-order valence-corrected chi connectivity index (χ4v) is 2.98. The molecule has 0 spiro atoms. The fourth-order valence-electron chi connectivity index (χ4n) is 2.98. The van der Waals surface area contributed by atoms with E-state index in [1.807, 2.05) is 30.9 Å². The van der Waals surface area contributed by atoms with Crippen molar-refractivity contribution in [2.45, 2.75) is 39.0 Å². The number of fused-ring (bicyclic) bond motifs is 1. The van der Waals surface area contributed by atoms with E-state index in [0.29, 0.717) is 19.6 Å². The number of carbonyl (C=O) groups is 1. The average molecular weight is 290 g/mol. The van der Waals surface area contributed by atoms with Gasteiger partial charge < -0.3 is 19.7 Å². The molecule has 0 saturated carbocycles. The molecule has 3 rings (SSSR count). The van der Waals surface area contributed by atoms with Gasteiger partial charge in [0.2, 0.25) is 0 Å². The number of morpholine rings is 1. The number of nitrogens with zero attached hydrogens (tertiary/aromatic N) is 1. The van der Waals surface area contributed by atoms with Crippen LogP contribution in [0, 0.1) is 0 Å². The first kappa shape index (κ1) is 14.2. The zero-order valence-corrected chi connectivity index (χ0v) is 12.6. The number of hydrogen-bond donors (Lipinski definition) is 1. The van der Waals surface area contributed by atoms with Crippen molar-refractivity contribution in [1.29, 1.82) is 0 Å². The molecule has 0 aliphatic carbocycles. The van der Waals surface area contributed by atoms with Crippen molar-refractivity contribution in [3.05, 3.63) is 29.3 Å². The lowest BCUT2D eigenvalue weighted by Crippen LogP contribution is -2.51. The van der Waals surface area contributed by atoms with Crippen LogP contribution in [0.25, 0.3) is 0 Å². The molecule has 1 fully saturated rings. The smallest absolute Gasteiger partial charge is 0.317 e. The summed E-state index contributed by atoms with van der Waals surface area (Å²) in [6.07, 6.45) is 1.14. The van der Waals surface area contributed by atoms with Gasteiger partial charge in [0.25, 0.3) is 0 Å². The van der Waals surface area contributed by atoms with Crippen LogP contribution < -0.4 is 10.1 Å².